The minimum Gasteiger partial charge on any atom is -0.265 e. The van der Waals surface area contributed by atoms with Crippen LogP contribution in [0, 0.1) is 6.92 Å². The van der Waals surface area contributed by atoms with Gasteiger partial charge in [-0.3, -0.25) is 4.79 Å². The standard InChI is InChI=1S/C12H9N3O/c1-8-12(16)13-11-7-6-9-4-2-3-5-10(9)15(11)14-8/h2-7H,1H3. The van der Waals surface area contributed by atoms with Gasteiger partial charge in [0.15, 0.2) is 5.65 Å². The lowest BCUT2D eigenvalue weighted by atomic mass is 10.2. The van der Waals surface area contributed by atoms with Crippen LogP contribution in [0.4, 0.5) is 0 Å². The van der Waals surface area contributed by atoms with Gasteiger partial charge in [0.05, 0.1) is 5.52 Å². The van der Waals surface area contributed by atoms with Gasteiger partial charge in [-0.2, -0.15) is 10.1 Å². The average Bonchev–Trinajstić information content (AvgIpc) is 2.31. The van der Waals surface area contributed by atoms with Crippen LogP contribution >= 0.6 is 0 Å². The molecule has 0 bridgehead atoms. The Morgan fingerprint density at radius 2 is 1.94 bits per heavy atom. The van der Waals surface area contributed by atoms with Crippen LogP contribution < -0.4 is 5.56 Å². The fourth-order valence-corrected chi connectivity index (χ4v) is 1.75. The zero-order valence-corrected chi connectivity index (χ0v) is 8.71. The van der Waals surface area contributed by atoms with Crippen LogP contribution in [0.2, 0.25) is 0 Å². The van der Waals surface area contributed by atoms with E-state index in [1.807, 2.05) is 30.3 Å². The van der Waals surface area contributed by atoms with Gasteiger partial charge in [-0.25, -0.2) is 4.52 Å². The second-order valence-electron chi connectivity index (χ2n) is 3.66. The van der Waals surface area contributed by atoms with Gasteiger partial charge in [-0.15, -0.1) is 0 Å². The number of rotatable bonds is 0. The third-order valence-electron chi connectivity index (χ3n) is 2.57. The summed E-state index contributed by atoms with van der Waals surface area (Å²) in [5.74, 6) is 0. The molecule has 1 aromatic carbocycles. The Labute approximate surface area is 91.2 Å². The van der Waals surface area contributed by atoms with Gasteiger partial charge in [0.2, 0.25) is 0 Å². The molecule has 0 saturated carbocycles. The van der Waals surface area contributed by atoms with Crippen molar-refractivity contribution in [2.45, 2.75) is 6.92 Å². The molecule has 0 atom stereocenters. The number of hydrogen-bond acceptors (Lipinski definition) is 3. The SMILES string of the molecule is Cc1nn2c(ccc3ccccc32)nc1=O. The minimum atomic E-state index is -0.268. The highest BCUT2D eigenvalue weighted by molar-refractivity contribution is 5.81. The fraction of sp³-hybridized carbons (Fsp3) is 0.0833. The minimum absolute atomic E-state index is 0.268. The zero-order valence-electron chi connectivity index (χ0n) is 8.71. The molecule has 2 aromatic heterocycles. The van der Waals surface area contributed by atoms with Crippen molar-refractivity contribution < 1.29 is 0 Å². The molecular weight excluding hydrogens is 202 g/mol. The van der Waals surface area contributed by atoms with Crippen LogP contribution in [0.25, 0.3) is 16.6 Å². The van der Waals surface area contributed by atoms with Crippen molar-refractivity contribution in [3.8, 4) is 0 Å². The summed E-state index contributed by atoms with van der Waals surface area (Å²) in [7, 11) is 0. The number of benzene rings is 1. The monoisotopic (exact) mass is 211 g/mol. The van der Waals surface area contributed by atoms with Gasteiger partial charge < -0.3 is 0 Å². The van der Waals surface area contributed by atoms with Crippen molar-refractivity contribution in [3.05, 3.63) is 52.4 Å². The highest BCUT2D eigenvalue weighted by atomic mass is 16.1. The van der Waals surface area contributed by atoms with Crippen molar-refractivity contribution >= 4 is 16.6 Å². The van der Waals surface area contributed by atoms with E-state index in [1.54, 1.807) is 17.5 Å². The average molecular weight is 211 g/mol. The van der Waals surface area contributed by atoms with Gasteiger partial charge in [-0.05, 0) is 25.1 Å². The lowest BCUT2D eigenvalue weighted by molar-refractivity contribution is 0.873. The Kier molecular flexibility index (Phi) is 1.77. The van der Waals surface area contributed by atoms with Crippen LogP contribution in [0.3, 0.4) is 0 Å². The van der Waals surface area contributed by atoms with E-state index in [1.165, 1.54) is 0 Å². The number of nitrogens with zero attached hydrogens (tertiary/aromatic N) is 3. The Morgan fingerprint density at radius 1 is 1.12 bits per heavy atom. The predicted octanol–water partition coefficient (Wildman–Crippen LogP) is 1.55. The summed E-state index contributed by atoms with van der Waals surface area (Å²) >= 11 is 0. The number of aromatic nitrogens is 3. The van der Waals surface area contributed by atoms with Crippen LogP contribution in [-0.4, -0.2) is 14.6 Å². The molecule has 0 N–H and O–H groups in total. The third-order valence-corrected chi connectivity index (χ3v) is 2.57. The molecule has 0 fully saturated rings. The molecule has 78 valence electrons. The lowest BCUT2D eigenvalue weighted by Gasteiger charge is -2.04. The Balaban J connectivity index is 2.60. The van der Waals surface area contributed by atoms with E-state index in [2.05, 4.69) is 10.1 Å². The van der Waals surface area contributed by atoms with Gasteiger partial charge in [0, 0.05) is 5.39 Å². The molecule has 4 nitrogen and oxygen atoms in total. The number of fused-ring (bicyclic) bond motifs is 3. The maximum Gasteiger partial charge on any atom is 0.294 e. The maximum absolute atomic E-state index is 11.4. The zero-order chi connectivity index (χ0) is 11.1. The summed E-state index contributed by atoms with van der Waals surface area (Å²) < 4.78 is 1.70. The van der Waals surface area contributed by atoms with Crippen LogP contribution in [0.5, 0.6) is 0 Å². The molecule has 0 spiro atoms. The van der Waals surface area contributed by atoms with Crippen molar-refractivity contribution in [2.24, 2.45) is 0 Å². The molecule has 0 radical (unpaired) electrons. The molecular formula is C12H9N3O. The van der Waals surface area contributed by atoms with Crippen LogP contribution in [-0.2, 0) is 0 Å². The quantitative estimate of drug-likeness (QED) is 0.530. The normalized spacial score (nSPS) is 11.1. The molecule has 2 heterocycles. The number of hydrogen-bond donors (Lipinski definition) is 0. The summed E-state index contributed by atoms with van der Waals surface area (Å²) in [6.45, 7) is 1.67. The second kappa shape index (κ2) is 3.13. The van der Waals surface area contributed by atoms with Gasteiger partial charge in [0.1, 0.15) is 5.69 Å². The van der Waals surface area contributed by atoms with E-state index in [-0.39, 0.29) is 5.56 Å². The van der Waals surface area contributed by atoms with Gasteiger partial charge in [0.25, 0.3) is 5.56 Å². The molecule has 0 saturated heterocycles. The third kappa shape index (κ3) is 1.20. The summed E-state index contributed by atoms with van der Waals surface area (Å²) in [5.41, 5.74) is 1.68. The first-order valence-corrected chi connectivity index (χ1v) is 5.01. The summed E-state index contributed by atoms with van der Waals surface area (Å²) in [6.07, 6.45) is 0. The number of pyridine rings is 1. The molecule has 0 unspecified atom stereocenters. The van der Waals surface area contributed by atoms with E-state index in [0.717, 1.165) is 10.9 Å². The molecule has 3 rings (SSSR count). The van der Waals surface area contributed by atoms with Crippen molar-refractivity contribution in [1.82, 2.24) is 14.6 Å². The molecule has 0 amide bonds. The maximum atomic E-state index is 11.4. The first-order valence-electron chi connectivity index (χ1n) is 5.01. The summed E-state index contributed by atoms with van der Waals surface area (Å²) in [6, 6.07) is 11.6. The van der Waals surface area contributed by atoms with E-state index >= 15 is 0 Å². The van der Waals surface area contributed by atoms with E-state index < -0.39 is 0 Å². The van der Waals surface area contributed by atoms with Gasteiger partial charge in [-0.1, -0.05) is 18.2 Å². The second-order valence-corrected chi connectivity index (χ2v) is 3.66. The Morgan fingerprint density at radius 3 is 2.81 bits per heavy atom. The highest BCUT2D eigenvalue weighted by Crippen LogP contribution is 2.13. The fourth-order valence-electron chi connectivity index (χ4n) is 1.75. The summed E-state index contributed by atoms with van der Waals surface area (Å²) in [5, 5.41) is 5.32. The van der Waals surface area contributed by atoms with Crippen LogP contribution in [0.15, 0.2) is 41.2 Å². The first kappa shape index (κ1) is 9.03. The van der Waals surface area contributed by atoms with E-state index in [9.17, 15) is 4.79 Å². The highest BCUT2D eigenvalue weighted by Gasteiger charge is 2.03. The van der Waals surface area contributed by atoms with E-state index in [4.69, 9.17) is 0 Å². The van der Waals surface area contributed by atoms with Gasteiger partial charge >= 0.3 is 0 Å². The van der Waals surface area contributed by atoms with E-state index in [0.29, 0.717) is 11.3 Å². The smallest absolute Gasteiger partial charge is 0.265 e. The van der Waals surface area contributed by atoms with Crippen molar-refractivity contribution in [2.75, 3.05) is 0 Å². The molecule has 0 aliphatic carbocycles. The molecule has 3 aromatic rings. The predicted molar refractivity (Wildman–Crippen MR) is 61.5 cm³/mol. The Bertz CT molecular complexity index is 746. The topological polar surface area (TPSA) is 47.3 Å². The number of para-hydroxylation sites is 1. The first-order chi connectivity index (χ1) is 7.75. The Hall–Kier alpha value is -2.23. The van der Waals surface area contributed by atoms with Crippen molar-refractivity contribution in [1.29, 1.82) is 0 Å². The molecule has 4 heteroatoms. The molecule has 16 heavy (non-hydrogen) atoms. The molecule has 0 aliphatic rings. The summed E-state index contributed by atoms with van der Waals surface area (Å²) in [4.78, 5) is 15.4. The van der Waals surface area contributed by atoms with Crippen molar-refractivity contribution in [3.63, 3.8) is 0 Å². The molecule has 0 aliphatic heterocycles. The lowest BCUT2D eigenvalue weighted by Crippen LogP contribution is -2.16. The van der Waals surface area contributed by atoms with Crippen LogP contribution in [0.1, 0.15) is 5.69 Å². The number of aryl methyl sites for hydroxylation is 1. The largest absolute Gasteiger partial charge is 0.294 e.